The van der Waals surface area contributed by atoms with Crippen LogP contribution >= 0.6 is 34.4 Å². The number of halogens is 1. The fraction of sp³-hybridized carbons (Fsp3) is 0.103. The van der Waals surface area contributed by atoms with Crippen molar-refractivity contribution in [3.8, 4) is 5.69 Å². The van der Waals surface area contributed by atoms with Crippen LogP contribution in [0.25, 0.3) is 11.8 Å². The predicted octanol–water partition coefficient (Wildman–Crippen LogP) is 7.82. The maximum Gasteiger partial charge on any atom is 0.271 e. The van der Waals surface area contributed by atoms with Crippen molar-refractivity contribution in [1.82, 2.24) is 4.57 Å². The molecule has 1 aliphatic rings. The molecule has 0 N–H and O–H groups in total. The number of anilines is 1. The molecule has 1 amide bonds. The molecule has 0 atom stereocenters. The Bertz CT molecular complexity index is 1470. The zero-order chi connectivity index (χ0) is 24.5. The van der Waals surface area contributed by atoms with E-state index >= 15 is 0 Å². The normalized spacial score (nSPS) is 16.0. The van der Waals surface area contributed by atoms with Gasteiger partial charge < -0.3 is 4.57 Å². The largest absolute Gasteiger partial charge is 0.318 e. The summed E-state index contributed by atoms with van der Waals surface area (Å²) in [4.78, 5) is 20.8. The van der Waals surface area contributed by atoms with Crippen molar-refractivity contribution in [2.75, 3.05) is 4.90 Å². The van der Waals surface area contributed by atoms with Crippen molar-refractivity contribution < 1.29 is 4.79 Å². The number of thioether (sulfide) groups is 1. The Morgan fingerprint density at radius 2 is 1.54 bits per heavy atom. The number of nitrogens with zero attached hydrogens (tertiary/aromatic N) is 3. The molecule has 1 fully saturated rings. The van der Waals surface area contributed by atoms with Crippen molar-refractivity contribution in [3.05, 3.63) is 116 Å². The molecule has 5 rings (SSSR count). The quantitative estimate of drug-likeness (QED) is 0.180. The Labute approximate surface area is 223 Å². The fourth-order valence-corrected chi connectivity index (χ4v) is 5.53. The first-order valence-corrected chi connectivity index (χ1v) is 13.2. The molecule has 1 aromatic heterocycles. The molecule has 174 valence electrons. The lowest BCUT2D eigenvalue weighted by atomic mass is 10.2. The molecule has 3 aromatic carbocycles. The van der Waals surface area contributed by atoms with Crippen molar-refractivity contribution in [2.24, 2.45) is 4.99 Å². The molecule has 35 heavy (non-hydrogen) atoms. The predicted molar refractivity (Wildman–Crippen MR) is 156 cm³/mol. The van der Waals surface area contributed by atoms with Crippen LogP contribution in [0.1, 0.15) is 22.5 Å². The number of rotatable bonds is 4. The van der Waals surface area contributed by atoms with E-state index < -0.39 is 0 Å². The number of aliphatic imine (C=N–C) groups is 1. The lowest BCUT2D eigenvalue weighted by molar-refractivity contribution is -0.113. The molecule has 6 heteroatoms. The van der Waals surface area contributed by atoms with E-state index in [1.807, 2.05) is 66.7 Å². The van der Waals surface area contributed by atoms with Crippen LogP contribution in [0.15, 0.2) is 94.8 Å². The standard InChI is InChI=1S/C29H24IN3OS/c1-19-16-25(14-15-26(19)30)32-20(2)17-22(21(32)3)18-27-28(34)33(24-12-8-5-9-13-24)29(35-27)31-23-10-6-4-7-11-23/h4-18H,1-3H3/b27-18-,31-29?. The van der Waals surface area contributed by atoms with E-state index in [1.54, 1.807) is 4.90 Å². The summed E-state index contributed by atoms with van der Waals surface area (Å²) in [5.41, 5.74) is 7.26. The van der Waals surface area contributed by atoms with E-state index in [2.05, 4.69) is 72.2 Å². The highest BCUT2D eigenvalue weighted by Gasteiger charge is 2.35. The number of aryl methyl sites for hydroxylation is 2. The van der Waals surface area contributed by atoms with Crippen LogP contribution in [0.2, 0.25) is 0 Å². The second kappa shape index (κ2) is 9.87. The van der Waals surface area contributed by atoms with Crippen LogP contribution in [0.5, 0.6) is 0 Å². The first kappa shape index (κ1) is 23.6. The van der Waals surface area contributed by atoms with Gasteiger partial charge in [-0.15, -0.1) is 0 Å². The number of aromatic nitrogens is 1. The number of para-hydroxylation sites is 2. The molecular formula is C29H24IN3OS. The summed E-state index contributed by atoms with van der Waals surface area (Å²) in [5.74, 6) is -0.0641. The first-order valence-electron chi connectivity index (χ1n) is 11.3. The van der Waals surface area contributed by atoms with Gasteiger partial charge in [-0.25, -0.2) is 4.99 Å². The third-order valence-corrected chi connectivity index (χ3v) is 8.14. The molecule has 0 radical (unpaired) electrons. The summed E-state index contributed by atoms with van der Waals surface area (Å²) >= 11 is 3.77. The SMILES string of the molecule is Cc1cc(-n2c(C)cc(/C=C3\SC(=Nc4ccccc4)N(c4ccccc4)C3=O)c2C)ccc1I. The highest BCUT2D eigenvalue weighted by atomic mass is 127. The second-order valence-electron chi connectivity index (χ2n) is 8.41. The monoisotopic (exact) mass is 589 g/mol. The minimum atomic E-state index is -0.0641. The van der Waals surface area contributed by atoms with Crippen LogP contribution in [0.3, 0.4) is 0 Å². The number of amides is 1. The van der Waals surface area contributed by atoms with Gasteiger partial charge in [-0.3, -0.25) is 9.69 Å². The lowest BCUT2D eigenvalue weighted by Gasteiger charge is -2.15. The second-order valence-corrected chi connectivity index (χ2v) is 10.6. The summed E-state index contributed by atoms with van der Waals surface area (Å²) in [7, 11) is 0. The zero-order valence-electron chi connectivity index (χ0n) is 19.7. The van der Waals surface area contributed by atoms with Gasteiger partial charge in [-0.2, -0.15) is 0 Å². The molecule has 0 aliphatic carbocycles. The Kier molecular flexibility index (Phi) is 6.67. The fourth-order valence-electron chi connectivity index (χ4n) is 4.21. The van der Waals surface area contributed by atoms with Gasteiger partial charge in [0.15, 0.2) is 5.17 Å². The lowest BCUT2D eigenvalue weighted by Crippen LogP contribution is -2.28. The van der Waals surface area contributed by atoms with Crippen molar-refractivity contribution in [3.63, 3.8) is 0 Å². The Hall–Kier alpha value is -3.10. The summed E-state index contributed by atoms with van der Waals surface area (Å²) in [6.07, 6.45) is 1.99. The first-order chi connectivity index (χ1) is 16.9. The van der Waals surface area contributed by atoms with Gasteiger partial charge >= 0.3 is 0 Å². The van der Waals surface area contributed by atoms with Crippen LogP contribution in [-0.2, 0) is 4.79 Å². The maximum absolute atomic E-state index is 13.6. The van der Waals surface area contributed by atoms with Gasteiger partial charge in [0.25, 0.3) is 5.91 Å². The highest BCUT2D eigenvalue weighted by Crippen LogP contribution is 2.38. The Morgan fingerprint density at radius 3 is 2.23 bits per heavy atom. The number of carbonyl (C=O) groups is 1. The molecule has 0 spiro atoms. The van der Waals surface area contributed by atoms with Crippen LogP contribution in [-0.4, -0.2) is 15.6 Å². The van der Waals surface area contributed by atoms with E-state index in [1.165, 1.54) is 20.9 Å². The van der Waals surface area contributed by atoms with E-state index in [0.29, 0.717) is 10.1 Å². The maximum atomic E-state index is 13.6. The van der Waals surface area contributed by atoms with Gasteiger partial charge in [0.1, 0.15) is 0 Å². The minimum absolute atomic E-state index is 0.0641. The number of hydrogen-bond donors (Lipinski definition) is 0. The molecule has 4 aromatic rings. The molecule has 2 heterocycles. The highest BCUT2D eigenvalue weighted by molar-refractivity contribution is 14.1. The molecule has 4 nitrogen and oxygen atoms in total. The number of amidine groups is 1. The molecule has 1 aliphatic heterocycles. The number of hydrogen-bond acceptors (Lipinski definition) is 3. The van der Waals surface area contributed by atoms with E-state index in [9.17, 15) is 4.79 Å². The van der Waals surface area contributed by atoms with Crippen LogP contribution in [0.4, 0.5) is 11.4 Å². The Balaban J connectivity index is 1.57. The smallest absolute Gasteiger partial charge is 0.271 e. The zero-order valence-corrected chi connectivity index (χ0v) is 22.7. The van der Waals surface area contributed by atoms with Crippen LogP contribution in [0, 0.1) is 24.3 Å². The molecule has 0 bridgehead atoms. The summed E-state index contributed by atoms with van der Waals surface area (Å²) in [6.45, 7) is 6.33. The van der Waals surface area contributed by atoms with E-state index in [4.69, 9.17) is 4.99 Å². The average Bonchev–Trinajstić information content (AvgIpc) is 3.31. The third kappa shape index (κ3) is 4.73. The third-order valence-electron chi connectivity index (χ3n) is 5.96. The summed E-state index contributed by atoms with van der Waals surface area (Å²) in [5, 5.41) is 0.653. The average molecular weight is 590 g/mol. The van der Waals surface area contributed by atoms with Gasteiger partial charge in [-0.05, 0) is 121 Å². The van der Waals surface area contributed by atoms with Crippen molar-refractivity contribution >= 4 is 62.9 Å². The van der Waals surface area contributed by atoms with Gasteiger partial charge in [-0.1, -0.05) is 36.4 Å². The summed E-state index contributed by atoms with van der Waals surface area (Å²) < 4.78 is 3.49. The minimum Gasteiger partial charge on any atom is -0.318 e. The van der Waals surface area contributed by atoms with E-state index in [0.717, 1.165) is 34.0 Å². The Morgan fingerprint density at radius 1 is 0.857 bits per heavy atom. The van der Waals surface area contributed by atoms with Gasteiger partial charge in [0.2, 0.25) is 0 Å². The topological polar surface area (TPSA) is 37.6 Å². The van der Waals surface area contributed by atoms with Crippen molar-refractivity contribution in [1.29, 1.82) is 0 Å². The number of benzene rings is 3. The van der Waals surface area contributed by atoms with Gasteiger partial charge in [0, 0.05) is 20.6 Å². The van der Waals surface area contributed by atoms with Gasteiger partial charge in [0.05, 0.1) is 16.3 Å². The molecular weight excluding hydrogens is 565 g/mol. The number of carbonyl (C=O) groups excluding carboxylic acids is 1. The molecule has 0 saturated carbocycles. The van der Waals surface area contributed by atoms with Crippen molar-refractivity contribution in [2.45, 2.75) is 20.8 Å². The summed E-state index contributed by atoms with van der Waals surface area (Å²) in [6, 6.07) is 28.1. The molecule has 1 saturated heterocycles. The van der Waals surface area contributed by atoms with Crippen LogP contribution < -0.4 is 4.90 Å². The van der Waals surface area contributed by atoms with E-state index in [-0.39, 0.29) is 5.91 Å². The molecule has 0 unspecified atom stereocenters.